The zero-order chi connectivity index (χ0) is 19.5. The number of benzene rings is 1. The van der Waals surface area contributed by atoms with Crippen LogP contribution in [0.1, 0.15) is 37.3 Å². The highest BCUT2D eigenvalue weighted by atomic mass is 19.4. The molecule has 1 aliphatic rings. The fourth-order valence-corrected chi connectivity index (χ4v) is 2.75. The van der Waals surface area contributed by atoms with Crippen molar-refractivity contribution in [1.82, 2.24) is 10.4 Å². The van der Waals surface area contributed by atoms with E-state index in [-0.39, 0.29) is 10.7 Å². The van der Waals surface area contributed by atoms with E-state index >= 15 is 0 Å². The molecule has 5 nitrogen and oxygen atoms in total. The highest BCUT2D eigenvalue weighted by Crippen LogP contribution is 2.38. The van der Waals surface area contributed by atoms with Crippen LogP contribution in [-0.4, -0.2) is 34.5 Å². The molecule has 0 saturated heterocycles. The summed E-state index contributed by atoms with van der Waals surface area (Å²) in [5.74, 6) is -0.642. The van der Waals surface area contributed by atoms with E-state index in [1.165, 1.54) is 0 Å². The molecular weight excluding hydrogens is 349 g/mol. The van der Waals surface area contributed by atoms with E-state index in [9.17, 15) is 23.1 Å². The lowest BCUT2D eigenvalue weighted by Crippen LogP contribution is -2.61. The zero-order valence-electron chi connectivity index (χ0n) is 15.0. The number of aryl methyl sites for hydroxylation is 2. The molecule has 1 atom stereocenters. The first kappa shape index (κ1) is 20.1. The highest BCUT2D eigenvalue weighted by molar-refractivity contribution is 5.79. The molecule has 0 aromatic heterocycles. The number of aliphatic hydroxyl groups is 1. The third-order valence-electron chi connectivity index (χ3n) is 4.00. The number of amides is 1. The number of ether oxygens (including phenoxy) is 1. The van der Waals surface area contributed by atoms with Gasteiger partial charge < -0.3 is 9.84 Å². The molecule has 0 saturated carbocycles. The SMILES string of the molecule is CCCCC1=C[C@@](O)(C(F)(F)F)N(C(=O)COc2cc(C)cc(C)c2)N1. The number of nitrogens with zero attached hydrogens (tertiary/aromatic N) is 1. The van der Waals surface area contributed by atoms with Crippen LogP contribution in [-0.2, 0) is 4.79 Å². The molecule has 0 spiro atoms. The van der Waals surface area contributed by atoms with Crippen LogP contribution >= 0.6 is 0 Å². The molecule has 2 N–H and O–H groups in total. The van der Waals surface area contributed by atoms with Gasteiger partial charge >= 0.3 is 6.18 Å². The Labute approximate surface area is 150 Å². The number of hydrogen-bond acceptors (Lipinski definition) is 4. The summed E-state index contributed by atoms with van der Waals surface area (Å²) in [6.45, 7) is 4.95. The second-order valence-corrected chi connectivity index (χ2v) is 6.45. The van der Waals surface area contributed by atoms with Crippen LogP contribution in [0.25, 0.3) is 0 Å². The Morgan fingerprint density at radius 2 is 1.88 bits per heavy atom. The maximum Gasteiger partial charge on any atom is 0.442 e. The Hall–Kier alpha value is -2.22. The van der Waals surface area contributed by atoms with Gasteiger partial charge in [-0.2, -0.15) is 13.2 Å². The third-order valence-corrected chi connectivity index (χ3v) is 4.00. The molecule has 1 aromatic rings. The normalized spacial score (nSPS) is 20.0. The lowest BCUT2D eigenvalue weighted by molar-refractivity contribution is -0.289. The fourth-order valence-electron chi connectivity index (χ4n) is 2.75. The topological polar surface area (TPSA) is 61.8 Å². The number of allylic oxidation sites excluding steroid dienone is 1. The smallest absolute Gasteiger partial charge is 0.442 e. The van der Waals surface area contributed by atoms with E-state index in [0.717, 1.165) is 17.5 Å². The molecule has 144 valence electrons. The number of unbranched alkanes of at least 4 members (excludes halogenated alkanes) is 1. The summed E-state index contributed by atoms with van der Waals surface area (Å²) in [5.41, 5.74) is 0.955. The van der Waals surface area contributed by atoms with Crippen molar-refractivity contribution in [2.45, 2.75) is 51.9 Å². The molecule has 1 amide bonds. The highest BCUT2D eigenvalue weighted by Gasteiger charge is 2.61. The van der Waals surface area contributed by atoms with Crippen LogP contribution in [0.2, 0.25) is 0 Å². The number of hydrazine groups is 1. The number of halogens is 3. The minimum Gasteiger partial charge on any atom is -0.484 e. The summed E-state index contributed by atoms with van der Waals surface area (Å²) < 4.78 is 45.4. The number of carbonyl (C=O) groups is 1. The van der Waals surface area contributed by atoms with Gasteiger partial charge in [-0.15, -0.1) is 0 Å². The monoisotopic (exact) mass is 372 g/mol. The first-order valence-electron chi connectivity index (χ1n) is 8.38. The van der Waals surface area contributed by atoms with Crippen LogP contribution in [0.5, 0.6) is 5.75 Å². The molecule has 0 aliphatic carbocycles. The number of nitrogens with one attached hydrogen (secondary N) is 1. The molecule has 2 rings (SSSR count). The standard InChI is InChI=1S/C18H23F3N2O3/c1-4-5-6-14-10-17(25,18(19,20)21)23(22-14)16(24)11-26-15-8-12(2)7-13(3)9-15/h7-10,22,25H,4-6,11H2,1-3H3/t17-/m1/s1. The lowest BCUT2D eigenvalue weighted by atomic mass is 10.1. The van der Waals surface area contributed by atoms with Gasteiger partial charge in [0.05, 0.1) is 0 Å². The van der Waals surface area contributed by atoms with Crippen molar-refractivity contribution in [2.75, 3.05) is 6.61 Å². The first-order valence-corrected chi connectivity index (χ1v) is 8.38. The van der Waals surface area contributed by atoms with Gasteiger partial charge in [-0.05, 0) is 56.0 Å². The lowest BCUT2D eigenvalue weighted by Gasteiger charge is -2.33. The quantitative estimate of drug-likeness (QED) is 0.804. The average molecular weight is 372 g/mol. The number of alkyl halides is 3. The molecule has 0 fully saturated rings. The summed E-state index contributed by atoms with van der Waals surface area (Å²) in [6.07, 6.45) is -2.68. The van der Waals surface area contributed by atoms with E-state index in [1.807, 2.05) is 26.8 Å². The van der Waals surface area contributed by atoms with Gasteiger partial charge in [0.1, 0.15) is 5.75 Å². The van der Waals surface area contributed by atoms with Crippen molar-refractivity contribution < 1.29 is 27.8 Å². The van der Waals surface area contributed by atoms with Gasteiger partial charge in [0.2, 0.25) is 0 Å². The van der Waals surface area contributed by atoms with Crippen LogP contribution in [0.3, 0.4) is 0 Å². The number of carbonyl (C=O) groups excluding carboxylic acids is 1. The molecule has 8 heteroatoms. The van der Waals surface area contributed by atoms with E-state index in [4.69, 9.17) is 4.74 Å². The predicted molar refractivity (Wildman–Crippen MR) is 90.0 cm³/mol. The Balaban J connectivity index is 2.13. The molecule has 26 heavy (non-hydrogen) atoms. The number of rotatable bonds is 6. The van der Waals surface area contributed by atoms with Gasteiger partial charge in [0.25, 0.3) is 11.6 Å². The van der Waals surface area contributed by atoms with Gasteiger partial charge in [0, 0.05) is 5.70 Å². The van der Waals surface area contributed by atoms with Crippen LogP contribution in [0.4, 0.5) is 13.2 Å². The van der Waals surface area contributed by atoms with Gasteiger partial charge in [-0.3, -0.25) is 10.2 Å². The molecule has 1 heterocycles. The van der Waals surface area contributed by atoms with Gasteiger partial charge in [-0.25, -0.2) is 5.01 Å². The summed E-state index contributed by atoms with van der Waals surface area (Å²) in [6, 6.07) is 5.26. The zero-order valence-corrected chi connectivity index (χ0v) is 15.0. The fraction of sp³-hybridized carbons (Fsp3) is 0.500. The molecule has 0 radical (unpaired) electrons. The van der Waals surface area contributed by atoms with E-state index in [1.54, 1.807) is 12.1 Å². The van der Waals surface area contributed by atoms with E-state index in [0.29, 0.717) is 24.7 Å². The van der Waals surface area contributed by atoms with Crippen LogP contribution in [0.15, 0.2) is 30.0 Å². The van der Waals surface area contributed by atoms with Crippen molar-refractivity contribution in [2.24, 2.45) is 0 Å². The second-order valence-electron chi connectivity index (χ2n) is 6.45. The predicted octanol–water partition coefficient (Wildman–Crippen LogP) is 3.35. The number of hydrogen-bond donors (Lipinski definition) is 2. The Bertz CT molecular complexity index is 683. The molecule has 1 aliphatic heterocycles. The average Bonchev–Trinajstić information content (AvgIpc) is 2.88. The van der Waals surface area contributed by atoms with Gasteiger partial charge in [-0.1, -0.05) is 19.4 Å². The van der Waals surface area contributed by atoms with Crippen LogP contribution < -0.4 is 10.2 Å². The minimum absolute atomic E-state index is 0.159. The molecule has 1 aromatic carbocycles. The minimum atomic E-state index is -5.04. The van der Waals surface area contributed by atoms with Crippen molar-refractivity contribution in [1.29, 1.82) is 0 Å². The third kappa shape index (κ3) is 4.30. The molecular formula is C18H23F3N2O3. The van der Waals surface area contributed by atoms with Crippen molar-refractivity contribution in [3.8, 4) is 5.75 Å². The van der Waals surface area contributed by atoms with E-state index in [2.05, 4.69) is 5.43 Å². The van der Waals surface area contributed by atoms with Crippen molar-refractivity contribution in [3.05, 3.63) is 41.1 Å². The summed E-state index contributed by atoms with van der Waals surface area (Å²) in [5, 5.41) is 10.3. The largest absolute Gasteiger partial charge is 0.484 e. The maximum atomic E-state index is 13.4. The summed E-state index contributed by atoms with van der Waals surface area (Å²) in [7, 11) is 0. The van der Waals surface area contributed by atoms with Crippen LogP contribution in [0, 0.1) is 13.8 Å². The van der Waals surface area contributed by atoms with E-state index < -0.39 is 24.4 Å². The molecule has 0 bridgehead atoms. The van der Waals surface area contributed by atoms with Crippen molar-refractivity contribution >= 4 is 5.91 Å². The Morgan fingerprint density at radius 3 is 2.42 bits per heavy atom. The van der Waals surface area contributed by atoms with Crippen molar-refractivity contribution in [3.63, 3.8) is 0 Å². The Morgan fingerprint density at radius 1 is 1.27 bits per heavy atom. The maximum absolute atomic E-state index is 13.4. The first-order chi connectivity index (χ1) is 12.1. The Kier molecular flexibility index (Phi) is 5.85. The molecule has 0 unspecified atom stereocenters. The summed E-state index contributed by atoms with van der Waals surface area (Å²) in [4.78, 5) is 12.3. The second kappa shape index (κ2) is 7.57. The summed E-state index contributed by atoms with van der Waals surface area (Å²) >= 11 is 0. The van der Waals surface area contributed by atoms with Gasteiger partial charge in [0.15, 0.2) is 6.61 Å².